The van der Waals surface area contributed by atoms with Gasteiger partial charge in [-0.2, -0.15) is 0 Å². The van der Waals surface area contributed by atoms with E-state index in [4.69, 9.17) is 4.74 Å². The number of aliphatic hydroxyl groups excluding tert-OH is 1. The van der Waals surface area contributed by atoms with Crippen LogP contribution >= 0.6 is 0 Å². The Kier molecular flexibility index (Phi) is 7.77. The van der Waals surface area contributed by atoms with Crippen molar-refractivity contribution >= 4 is 17.7 Å². The van der Waals surface area contributed by atoms with Crippen LogP contribution in [0.15, 0.2) is 24.3 Å². The molecule has 4 rings (SSSR count). The third-order valence-corrected chi connectivity index (χ3v) is 7.66. The zero-order valence-corrected chi connectivity index (χ0v) is 20.5. The molecule has 0 aliphatic carbocycles. The molecule has 8 heteroatoms. The molecule has 0 radical (unpaired) electrons. The largest absolute Gasteiger partial charge is 0.396 e. The average Bonchev–Trinajstić information content (AvgIpc) is 3.14. The number of carbonyl (C=O) groups excluding carboxylic acids is 3. The first-order valence-electron chi connectivity index (χ1n) is 13.0. The molecule has 2 saturated heterocycles. The molecule has 2 fully saturated rings. The molecule has 1 spiro atoms. The second-order valence-corrected chi connectivity index (χ2v) is 9.91. The monoisotopic (exact) mass is 473 g/mol. The Balaban J connectivity index is 1.71. The van der Waals surface area contributed by atoms with Gasteiger partial charge in [-0.05, 0) is 25.7 Å². The first kappa shape index (κ1) is 24.9. The molecule has 0 bridgehead atoms. The molecule has 4 heterocycles. The molecule has 0 saturated carbocycles. The zero-order chi connectivity index (χ0) is 24.3. The number of likely N-dealkylation sites (tertiary alicyclic amines) is 1. The van der Waals surface area contributed by atoms with Crippen LogP contribution in [0.25, 0.3) is 0 Å². The fourth-order valence-electron chi connectivity index (χ4n) is 6.09. The third kappa shape index (κ3) is 4.19. The van der Waals surface area contributed by atoms with Crippen molar-refractivity contribution in [3.05, 3.63) is 24.3 Å². The van der Waals surface area contributed by atoms with Crippen LogP contribution in [0.4, 0.5) is 0 Å². The van der Waals surface area contributed by atoms with E-state index >= 15 is 0 Å². The van der Waals surface area contributed by atoms with Gasteiger partial charge in [-0.15, -0.1) is 0 Å². The molecule has 0 aromatic carbocycles. The molecule has 8 nitrogen and oxygen atoms in total. The van der Waals surface area contributed by atoms with E-state index in [0.717, 1.165) is 25.7 Å². The Morgan fingerprint density at radius 2 is 1.65 bits per heavy atom. The van der Waals surface area contributed by atoms with Crippen molar-refractivity contribution in [1.82, 2.24) is 14.7 Å². The highest BCUT2D eigenvalue weighted by molar-refractivity contribution is 5.99. The maximum Gasteiger partial charge on any atom is 0.249 e. The van der Waals surface area contributed by atoms with Gasteiger partial charge in [-0.1, -0.05) is 51.0 Å². The maximum atomic E-state index is 13.9. The summed E-state index contributed by atoms with van der Waals surface area (Å²) in [4.78, 5) is 46.8. The number of ether oxygens (including phenoxy) is 1. The van der Waals surface area contributed by atoms with Gasteiger partial charge >= 0.3 is 0 Å². The van der Waals surface area contributed by atoms with Crippen molar-refractivity contribution in [3.8, 4) is 0 Å². The second kappa shape index (κ2) is 10.6. The van der Waals surface area contributed by atoms with Crippen LogP contribution in [0, 0.1) is 11.8 Å². The predicted molar refractivity (Wildman–Crippen MR) is 128 cm³/mol. The van der Waals surface area contributed by atoms with E-state index in [9.17, 15) is 19.5 Å². The third-order valence-electron chi connectivity index (χ3n) is 7.66. The Labute approximate surface area is 202 Å². The number of aliphatic hydroxyl groups is 1. The van der Waals surface area contributed by atoms with E-state index in [1.807, 2.05) is 36.1 Å². The van der Waals surface area contributed by atoms with Crippen molar-refractivity contribution in [2.45, 2.75) is 70.1 Å². The highest BCUT2D eigenvalue weighted by Gasteiger charge is 2.71. The first-order chi connectivity index (χ1) is 16.5. The number of fused-ring (bicyclic) bond motifs is 2. The van der Waals surface area contributed by atoms with Crippen LogP contribution in [0.1, 0.15) is 52.4 Å². The van der Waals surface area contributed by atoms with Gasteiger partial charge in [0.1, 0.15) is 11.6 Å². The van der Waals surface area contributed by atoms with Crippen LogP contribution in [0.5, 0.6) is 0 Å². The average molecular weight is 474 g/mol. The minimum absolute atomic E-state index is 0.0364. The summed E-state index contributed by atoms with van der Waals surface area (Å²) in [5.41, 5.74) is -1.14. The summed E-state index contributed by atoms with van der Waals surface area (Å²) >= 11 is 0. The Bertz CT molecular complexity index is 842. The van der Waals surface area contributed by atoms with Gasteiger partial charge in [-0.3, -0.25) is 14.4 Å². The lowest BCUT2D eigenvalue weighted by Gasteiger charge is -2.35. The summed E-state index contributed by atoms with van der Waals surface area (Å²) in [5.74, 6) is -1.69. The summed E-state index contributed by atoms with van der Waals surface area (Å²) in [6.45, 7) is 6.84. The van der Waals surface area contributed by atoms with Gasteiger partial charge < -0.3 is 24.5 Å². The molecule has 188 valence electrons. The van der Waals surface area contributed by atoms with Crippen LogP contribution in [-0.4, -0.2) is 94.6 Å². The van der Waals surface area contributed by atoms with Crippen molar-refractivity contribution in [2.24, 2.45) is 11.8 Å². The summed E-state index contributed by atoms with van der Waals surface area (Å²) < 4.78 is 6.61. The maximum absolute atomic E-state index is 13.9. The van der Waals surface area contributed by atoms with Crippen molar-refractivity contribution in [3.63, 3.8) is 0 Å². The summed E-state index contributed by atoms with van der Waals surface area (Å²) in [7, 11) is 0. The van der Waals surface area contributed by atoms with Gasteiger partial charge in [0, 0.05) is 39.3 Å². The Morgan fingerprint density at radius 1 is 0.912 bits per heavy atom. The van der Waals surface area contributed by atoms with E-state index in [0.29, 0.717) is 45.6 Å². The van der Waals surface area contributed by atoms with Crippen LogP contribution in [0.3, 0.4) is 0 Å². The SMILES string of the molecule is CCCCCN1CC=C[C@]23O[C@H]4C=CCN(CCC)C(=O)[C@H]4[C@H]2C(=O)N(CCCCO)C3C1=O. The van der Waals surface area contributed by atoms with Gasteiger partial charge in [0.05, 0.1) is 17.9 Å². The van der Waals surface area contributed by atoms with Gasteiger partial charge in [0.15, 0.2) is 0 Å². The highest BCUT2D eigenvalue weighted by atomic mass is 16.5. The van der Waals surface area contributed by atoms with Crippen molar-refractivity contribution in [1.29, 1.82) is 0 Å². The lowest BCUT2D eigenvalue weighted by Crippen LogP contribution is -2.55. The minimum atomic E-state index is -1.14. The zero-order valence-electron chi connectivity index (χ0n) is 20.5. The number of hydrogen-bond acceptors (Lipinski definition) is 5. The lowest BCUT2D eigenvalue weighted by molar-refractivity contribution is -0.148. The van der Waals surface area contributed by atoms with Crippen LogP contribution in [-0.2, 0) is 19.1 Å². The standard InChI is InChI=1S/C26H39N3O5/c1-3-5-6-14-28-16-10-12-26-21(24(32)29(17-7-8-18-30)22(26)25(28)33)20-19(34-26)11-9-15-27(13-4-2)23(20)31/h9-12,19-22,30H,3-8,13-18H2,1-2H3/t19-,20+,21-,22?,26-/m0/s1. The molecular weight excluding hydrogens is 434 g/mol. The summed E-state index contributed by atoms with van der Waals surface area (Å²) in [5, 5.41) is 9.29. The fraction of sp³-hybridized carbons (Fsp3) is 0.731. The Hall–Kier alpha value is -2.19. The van der Waals surface area contributed by atoms with Crippen LogP contribution < -0.4 is 0 Å². The first-order valence-corrected chi connectivity index (χ1v) is 13.0. The molecule has 4 aliphatic rings. The molecule has 0 aromatic heterocycles. The quantitative estimate of drug-likeness (QED) is 0.386. The van der Waals surface area contributed by atoms with Crippen LogP contribution in [0.2, 0.25) is 0 Å². The molecule has 1 unspecified atom stereocenters. The van der Waals surface area contributed by atoms with Gasteiger partial charge in [-0.25, -0.2) is 0 Å². The van der Waals surface area contributed by atoms with E-state index in [2.05, 4.69) is 6.92 Å². The topological polar surface area (TPSA) is 90.4 Å². The Morgan fingerprint density at radius 3 is 2.38 bits per heavy atom. The molecule has 0 aromatic rings. The summed E-state index contributed by atoms with van der Waals surface area (Å²) in [6.07, 6.45) is 12.2. The van der Waals surface area contributed by atoms with E-state index in [1.54, 1.807) is 9.80 Å². The lowest BCUT2D eigenvalue weighted by atomic mass is 9.77. The second-order valence-electron chi connectivity index (χ2n) is 9.91. The normalized spacial score (nSPS) is 32.7. The number of rotatable bonds is 10. The minimum Gasteiger partial charge on any atom is -0.396 e. The number of carbonyl (C=O) groups is 3. The molecule has 3 amide bonds. The highest BCUT2D eigenvalue weighted by Crippen LogP contribution is 2.53. The molecule has 34 heavy (non-hydrogen) atoms. The predicted octanol–water partition coefficient (Wildman–Crippen LogP) is 1.74. The van der Waals surface area contributed by atoms with Gasteiger partial charge in [0.2, 0.25) is 17.7 Å². The van der Waals surface area contributed by atoms with E-state index in [1.165, 1.54) is 0 Å². The number of unbranched alkanes of at least 4 members (excludes halogenated alkanes) is 3. The van der Waals surface area contributed by atoms with E-state index < -0.39 is 29.6 Å². The molecule has 5 atom stereocenters. The van der Waals surface area contributed by atoms with Crippen molar-refractivity contribution in [2.75, 3.05) is 39.3 Å². The number of nitrogens with zero attached hydrogens (tertiary/aromatic N) is 3. The number of hydrogen-bond donors (Lipinski definition) is 1. The smallest absolute Gasteiger partial charge is 0.249 e. The van der Waals surface area contributed by atoms with Crippen molar-refractivity contribution < 1.29 is 24.2 Å². The summed E-state index contributed by atoms with van der Waals surface area (Å²) in [6, 6.07) is -0.781. The molecule has 4 aliphatic heterocycles. The molecular formula is C26H39N3O5. The fourth-order valence-corrected chi connectivity index (χ4v) is 6.09. The molecule has 1 N–H and O–H groups in total. The van der Waals surface area contributed by atoms with Gasteiger partial charge in [0.25, 0.3) is 0 Å². The van der Waals surface area contributed by atoms with E-state index in [-0.39, 0.29) is 24.3 Å². The number of amides is 3.